The van der Waals surface area contributed by atoms with E-state index in [2.05, 4.69) is 10.4 Å². The van der Waals surface area contributed by atoms with E-state index in [9.17, 15) is 19.8 Å². The van der Waals surface area contributed by atoms with Gasteiger partial charge in [-0.05, 0) is 62.0 Å². The summed E-state index contributed by atoms with van der Waals surface area (Å²) in [5, 5.41) is 29.3. The molecule has 5 atom stereocenters. The molecule has 0 amide bonds. The summed E-state index contributed by atoms with van der Waals surface area (Å²) in [7, 11) is 0. The number of carbonyl (C=O) groups excluding carboxylic acids is 1. The Hall–Kier alpha value is -2.54. The standard InChI is InChI=1S/C21H22ClN3O4/c22-18-15(24-14-3-1-2-4-16(14)26)10-23-25(19(18)27)21-8-11-5-12(9-21)7-13(6-11)17(21)20(28)29/h1-4,10-13,17,24,26H,5-9H2,(H,28,29)/p-1/t11-,12+,13?,17-,21?/m0/s1. The number of carboxylic acid groups (broad SMARTS) is 1. The summed E-state index contributed by atoms with van der Waals surface area (Å²) in [6.07, 6.45) is 5.52. The van der Waals surface area contributed by atoms with Crippen LogP contribution in [0.25, 0.3) is 0 Å². The van der Waals surface area contributed by atoms with Crippen LogP contribution >= 0.6 is 11.6 Å². The lowest BCUT2D eigenvalue weighted by atomic mass is 9.48. The van der Waals surface area contributed by atoms with Gasteiger partial charge in [0.25, 0.3) is 5.56 Å². The van der Waals surface area contributed by atoms with Crippen LogP contribution < -0.4 is 16.0 Å². The van der Waals surface area contributed by atoms with Gasteiger partial charge in [0.15, 0.2) is 0 Å². The second-order valence-electron chi connectivity index (χ2n) is 8.74. The van der Waals surface area contributed by atoms with E-state index in [0.29, 0.717) is 30.4 Å². The number of rotatable bonds is 4. The molecule has 0 radical (unpaired) electrons. The van der Waals surface area contributed by atoms with Crippen molar-refractivity contribution in [3.05, 3.63) is 45.8 Å². The van der Waals surface area contributed by atoms with Crippen LogP contribution in [0.1, 0.15) is 32.1 Å². The molecule has 0 aliphatic heterocycles. The van der Waals surface area contributed by atoms with Gasteiger partial charge >= 0.3 is 0 Å². The summed E-state index contributed by atoms with van der Waals surface area (Å²) >= 11 is 6.39. The zero-order valence-corrected chi connectivity index (χ0v) is 16.4. The summed E-state index contributed by atoms with van der Waals surface area (Å²) in [4.78, 5) is 25.3. The summed E-state index contributed by atoms with van der Waals surface area (Å²) in [6.45, 7) is 0. The van der Waals surface area contributed by atoms with Crippen molar-refractivity contribution < 1.29 is 15.0 Å². The van der Waals surface area contributed by atoms with Crippen molar-refractivity contribution in [2.45, 2.75) is 37.6 Å². The minimum Gasteiger partial charge on any atom is -0.550 e. The molecule has 2 N–H and O–H groups in total. The molecule has 4 saturated carbocycles. The Bertz CT molecular complexity index is 1040. The molecule has 2 unspecified atom stereocenters. The largest absolute Gasteiger partial charge is 0.550 e. The van der Waals surface area contributed by atoms with Gasteiger partial charge in [0.2, 0.25) is 0 Å². The first kappa shape index (κ1) is 18.5. The smallest absolute Gasteiger partial charge is 0.288 e. The lowest BCUT2D eigenvalue weighted by Gasteiger charge is -2.61. The lowest BCUT2D eigenvalue weighted by molar-refractivity contribution is -0.323. The second-order valence-corrected chi connectivity index (χ2v) is 9.12. The Morgan fingerprint density at radius 2 is 1.90 bits per heavy atom. The van der Waals surface area contributed by atoms with Gasteiger partial charge in [-0.2, -0.15) is 5.10 Å². The highest BCUT2D eigenvalue weighted by molar-refractivity contribution is 6.33. The van der Waals surface area contributed by atoms with E-state index in [0.717, 1.165) is 19.3 Å². The zero-order valence-electron chi connectivity index (χ0n) is 15.7. The van der Waals surface area contributed by atoms with Gasteiger partial charge in [0, 0.05) is 11.9 Å². The lowest BCUT2D eigenvalue weighted by Crippen LogP contribution is -2.65. The van der Waals surface area contributed by atoms with Gasteiger partial charge < -0.3 is 20.3 Å². The minimum absolute atomic E-state index is 0.0193. The number of anilines is 2. The Kier molecular flexibility index (Phi) is 4.13. The fraction of sp³-hybridized carbons (Fsp3) is 0.476. The average Bonchev–Trinajstić information content (AvgIpc) is 2.66. The summed E-state index contributed by atoms with van der Waals surface area (Å²) in [6, 6.07) is 6.60. The van der Waals surface area contributed by atoms with Crippen LogP contribution in [0.3, 0.4) is 0 Å². The molecule has 6 rings (SSSR count). The third-order valence-electron chi connectivity index (χ3n) is 7.04. The number of carbonyl (C=O) groups is 1. The van der Waals surface area contributed by atoms with E-state index in [1.807, 2.05) is 0 Å². The molecule has 2 aromatic rings. The van der Waals surface area contributed by atoms with Crippen LogP contribution in [0.5, 0.6) is 5.75 Å². The van der Waals surface area contributed by atoms with Gasteiger partial charge in [0.05, 0.1) is 23.1 Å². The first-order valence-corrected chi connectivity index (χ1v) is 10.3. The highest BCUT2D eigenvalue weighted by Gasteiger charge is 2.59. The molecule has 4 fully saturated rings. The number of aromatic nitrogens is 2. The number of hydrogen-bond donors (Lipinski definition) is 2. The third kappa shape index (κ3) is 2.74. The van der Waals surface area contributed by atoms with Crippen LogP contribution in [0, 0.1) is 23.7 Å². The van der Waals surface area contributed by atoms with Crippen molar-refractivity contribution >= 4 is 28.9 Å². The fourth-order valence-electron chi connectivity index (χ4n) is 6.28. The zero-order chi connectivity index (χ0) is 20.3. The second kappa shape index (κ2) is 6.49. The number of carboxylic acids is 1. The molecule has 1 heterocycles. The molecular weight excluding hydrogens is 394 g/mol. The molecule has 152 valence electrons. The maximum atomic E-state index is 13.2. The van der Waals surface area contributed by atoms with E-state index < -0.39 is 23.0 Å². The van der Waals surface area contributed by atoms with Crippen molar-refractivity contribution in [1.29, 1.82) is 0 Å². The minimum atomic E-state index is -1.10. The van der Waals surface area contributed by atoms with E-state index >= 15 is 0 Å². The molecular formula is C21H21ClN3O4-. The molecule has 0 spiro atoms. The third-order valence-corrected chi connectivity index (χ3v) is 7.41. The van der Waals surface area contributed by atoms with Gasteiger partial charge in [-0.25, -0.2) is 4.68 Å². The van der Waals surface area contributed by atoms with Gasteiger partial charge in [-0.15, -0.1) is 0 Å². The average molecular weight is 415 g/mol. The highest BCUT2D eigenvalue weighted by Crippen LogP contribution is 2.61. The summed E-state index contributed by atoms with van der Waals surface area (Å²) in [5.74, 6) is -0.962. The number of phenols is 1. The predicted octanol–water partition coefficient (Wildman–Crippen LogP) is 2.25. The number of para-hydroxylation sites is 2. The molecule has 4 aliphatic carbocycles. The number of nitrogens with zero attached hydrogens (tertiary/aromatic N) is 2. The van der Waals surface area contributed by atoms with Crippen LogP contribution in [0.2, 0.25) is 5.02 Å². The van der Waals surface area contributed by atoms with Gasteiger partial charge in [-0.3, -0.25) is 4.79 Å². The number of benzene rings is 1. The van der Waals surface area contributed by atoms with Gasteiger partial charge in [-0.1, -0.05) is 23.7 Å². The normalized spacial score (nSPS) is 32.3. The monoisotopic (exact) mass is 414 g/mol. The van der Waals surface area contributed by atoms with Crippen LogP contribution in [-0.4, -0.2) is 20.9 Å². The van der Waals surface area contributed by atoms with Crippen molar-refractivity contribution in [2.75, 3.05) is 5.32 Å². The molecule has 4 aliphatic rings. The van der Waals surface area contributed by atoms with E-state index in [1.54, 1.807) is 18.2 Å². The Balaban J connectivity index is 1.58. The Morgan fingerprint density at radius 3 is 2.55 bits per heavy atom. The van der Waals surface area contributed by atoms with Crippen molar-refractivity contribution in [3.63, 3.8) is 0 Å². The summed E-state index contributed by atoms with van der Waals surface area (Å²) in [5.41, 5.74) is -0.720. The highest BCUT2D eigenvalue weighted by atomic mass is 35.5. The first-order chi connectivity index (χ1) is 13.9. The Labute approximate surface area is 172 Å². The molecule has 29 heavy (non-hydrogen) atoms. The quantitative estimate of drug-likeness (QED) is 0.743. The maximum absolute atomic E-state index is 13.2. The van der Waals surface area contributed by atoms with Gasteiger partial charge in [0.1, 0.15) is 10.8 Å². The van der Waals surface area contributed by atoms with Crippen LogP contribution in [0.4, 0.5) is 11.4 Å². The number of aliphatic carboxylic acids is 1. The number of hydrogen-bond acceptors (Lipinski definition) is 6. The number of phenolic OH excluding ortho intramolecular Hbond substituents is 1. The number of halogens is 1. The molecule has 4 bridgehead atoms. The van der Waals surface area contributed by atoms with Crippen molar-refractivity contribution in [3.8, 4) is 5.75 Å². The topological polar surface area (TPSA) is 107 Å². The fourth-order valence-corrected chi connectivity index (χ4v) is 6.45. The maximum Gasteiger partial charge on any atom is 0.288 e. The molecule has 1 aromatic carbocycles. The summed E-state index contributed by atoms with van der Waals surface area (Å²) < 4.78 is 1.32. The Morgan fingerprint density at radius 1 is 1.21 bits per heavy atom. The number of aromatic hydroxyl groups is 1. The SMILES string of the molecule is O=C([O-])[C@@H]1C2C[C@@H]3C[C@H](C2)CC1(n1ncc(Nc2ccccc2O)c(Cl)c1=O)C3. The molecule has 8 heteroatoms. The first-order valence-electron chi connectivity index (χ1n) is 9.93. The molecule has 0 saturated heterocycles. The van der Waals surface area contributed by atoms with Crippen molar-refractivity contribution in [1.82, 2.24) is 9.78 Å². The molecule has 7 nitrogen and oxygen atoms in total. The number of nitrogens with one attached hydrogen (secondary N) is 1. The predicted molar refractivity (Wildman–Crippen MR) is 105 cm³/mol. The van der Waals surface area contributed by atoms with Crippen molar-refractivity contribution in [2.24, 2.45) is 23.7 Å². The van der Waals surface area contributed by atoms with E-state index in [-0.39, 0.29) is 22.4 Å². The van der Waals surface area contributed by atoms with E-state index in [1.165, 1.54) is 16.9 Å². The van der Waals surface area contributed by atoms with Crippen LogP contribution in [-0.2, 0) is 10.3 Å². The molecule has 1 aromatic heterocycles. The van der Waals surface area contributed by atoms with Crippen LogP contribution in [0.15, 0.2) is 35.3 Å². The van der Waals surface area contributed by atoms with E-state index in [4.69, 9.17) is 11.6 Å².